The van der Waals surface area contributed by atoms with Gasteiger partial charge in [0.2, 0.25) is 5.91 Å². The van der Waals surface area contributed by atoms with Crippen LogP contribution in [0.3, 0.4) is 0 Å². The Labute approximate surface area is 210 Å². The lowest BCUT2D eigenvalue weighted by Crippen LogP contribution is -2.52. The highest BCUT2D eigenvalue weighted by atomic mass is 19.4. The number of carbonyl (C=O) groups excluding carboxylic acids is 2. The second-order valence-corrected chi connectivity index (χ2v) is 10.2. The van der Waals surface area contributed by atoms with Crippen molar-refractivity contribution in [1.82, 2.24) is 15.5 Å². The minimum atomic E-state index is -4.92. The smallest absolute Gasteiger partial charge is 0.417 e. The Morgan fingerprint density at radius 2 is 1.73 bits per heavy atom. The number of likely N-dealkylation sites (tertiary alicyclic amines) is 1. The number of benzene rings is 1. The van der Waals surface area contributed by atoms with Crippen molar-refractivity contribution in [2.75, 3.05) is 13.1 Å². The molecule has 0 saturated carbocycles. The maximum absolute atomic E-state index is 13.8. The first-order valence-corrected chi connectivity index (χ1v) is 11.7. The Morgan fingerprint density at radius 3 is 2.24 bits per heavy atom. The van der Waals surface area contributed by atoms with Crippen LogP contribution in [0.5, 0.6) is 0 Å². The summed E-state index contributed by atoms with van der Waals surface area (Å²) in [5.74, 6) is -2.16. The molecule has 2 aliphatic rings. The molecule has 0 radical (unpaired) electrons. The van der Waals surface area contributed by atoms with E-state index in [1.165, 1.54) is 11.0 Å². The number of nitrogens with zero attached hydrogens (tertiary/aromatic N) is 2. The molecule has 2 amide bonds. The van der Waals surface area contributed by atoms with Gasteiger partial charge in [0.25, 0.3) is 0 Å². The molecule has 1 aromatic rings. The van der Waals surface area contributed by atoms with Crippen LogP contribution in [-0.4, -0.2) is 59.9 Å². The lowest BCUT2D eigenvalue weighted by Gasteiger charge is -2.34. The van der Waals surface area contributed by atoms with Gasteiger partial charge in [0.05, 0.1) is 23.2 Å². The third-order valence-corrected chi connectivity index (χ3v) is 6.33. The van der Waals surface area contributed by atoms with Crippen molar-refractivity contribution in [2.24, 2.45) is 0 Å². The van der Waals surface area contributed by atoms with E-state index in [9.17, 15) is 35.9 Å². The molecule has 0 aliphatic carbocycles. The summed E-state index contributed by atoms with van der Waals surface area (Å²) >= 11 is 0. The summed E-state index contributed by atoms with van der Waals surface area (Å²) < 4.78 is 86.8. The summed E-state index contributed by atoms with van der Waals surface area (Å²) in [6.07, 6.45) is -9.89. The van der Waals surface area contributed by atoms with Crippen LogP contribution in [0.2, 0.25) is 0 Å². The number of hydrogen-bond acceptors (Lipinski definition) is 5. The summed E-state index contributed by atoms with van der Waals surface area (Å²) in [6.45, 7) is 5.77. The first-order valence-electron chi connectivity index (χ1n) is 11.7. The fraction of sp³-hybridized carbons (Fsp3) is 0.625. The van der Waals surface area contributed by atoms with Gasteiger partial charge in [0.15, 0.2) is 0 Å². The van der Waals surface area contributed by atoms with E-state index in [0.29, 0.717) is 18.9 Å². The van der Waals surface area contributed by atoms with Crippen molar-refractivity contribution in [1.29, 1.82) is 5.26 Å². The van der Waals surface area contributed by atoms with E-state index in [-0.39, 0.29) is 31.1 Å². The molecule has 2 aliphatic heterocycles. The van der Waals surface area contributed by atoms with Crippen LogP contribution in [0, 0.1) is 11.3 Å². The van der Waals surface area contributed by atoms with E-state index in [2.05, 4.69) is 10.6 Å². The van der Waals surface area contributed by atoms with Gasteiger partial charge in [-0.05, 0) is 57.7 Å². The number of nitrogens with one attached hydrogen (secondary N) is 2. The number of halogens is 6. The van der Waals surface area contributed by atoms with E-state index in [1.807, 2.05) is 0 Å². The van der Waals surface area contributed by atoms with Crippen LogP contribution in [0.1, 0.15) is 62.6 Å². The summed E-state index contributed by atoms with van der Waals surface area (Å²) in [5, 5.41) is 13.9. The Kier molecular flexibility index (Phi) is 8.02. The maximum Gasteiger partial charge on any atom is 0.417 e. The Hall–Kier alpha value is -3.01. The van der Waals surface area contributed by atoms with Crippen molar-refractivity contribution in [3.63, 3.8) is 0 Å². The number of alkyl halides is 6. The highest BCUT2D eigenvalue weighted by Crippen LogP contribution is 2.42. The monoisotopic (exact) mass is 534 g/mol. The van der Waals surface area contributed by atoms with Crippen LogP contribution < -0.4 is 10.6 Å². The van der Waals surface area contributed by atoms with Gasteiger partial charge in [0.1, 0.15) is 11.6 Å². The average molecular weight is 535 g/mol. The third kappa shape index (κ3) is 7.06. The number of rotatable bonds is 3. The summed E-state index contributed by atoms with van der Waals surface area (Å²) in [4.78, 5) is 26.5. The maximum atomic E-state index is 13.8. The fourth-order valence-electron chi connectivity index (χ4n) is 4.58. The molecular formula is C24H28F6N4O3. The lowest BCUT2D eigenvalue weighted by molar-refractivity contribution is -0.156. The molecule has 2 N–H and O–H groups in total. The number of hydrogen-bond donors (Lipinski definition) is 2. The Balaban J connectivity index is 1.69. The van der Waals surface area contributed by atoms with Crippen molar-refractivity contribution in [2.45, 2.75) is 82.0 Å². The number of amides is 2. The predicted molar refractivity (Wildman–Crippen MR) is 119 cm³/mol. The first kappa shape index (κ1) is 28.6. The molecule has 204 valence electrons. The molecule has 37 heavy (non-hydrogen) atoms. The van der Waals surface area contributed by atoms with Gasteiger partial charge >= 0.3 is 18.4 Å². The molecule has 0 spiro atoms. The number of ether oxygens (including phenoxy) is 1. The van der Waals surface area contributed by atoms with E-state index in [1.54, 1.807) is 20.8 Å². The van der Waals surface area contributed by atoms with E-state index < -0.39 is 59.1 Å². The molecule has 2 fully saturated rings. The first-order chi connectivity index (χ1) is 17.0. The predicted octanol–water partition coefficient (Wildman–Crippen LogP) is 4.47. The summed E-state index contributed by atoms with van der Waals surface area (Å²) in [5.41, 5.74) is -2.95. The zero-order valence-electron chi connectivity index (χ0n) is 20.5. The zero-order valence-corrected chi connectivity index (χ0v) is 20.5. The molecule has 2 heterocycles. The highest BCUT2D eigenvalue weighted by Gasteiger charge is 2.52. The molecule has 3 rings (SSSR count). The second-order valence-electron chi connectivity index (χ2n) is 10.2. The van der Waals surface area contributed by atoms with Gasteiger partial charge < -0.3 is 15.0 Å². The van der Waals surface area contributed by atoms with E-state index in [4.69, 9.17) is 10.00 Å². The van der Waals surface area contributed by atoms with Gasteiger partial charge in [-0.25, -0.2) is 4.79 Å². The van der Waals surface area contributed by atoms with Crippen molar-refractivity contribution >= 4 is 12.0 Å². The van der Waals surface area contributed by atoms with E-state index >= 15 is 0 Å². The minimum absolute atomic E-state index is 0.262. The molecule has 3 atom stereocenters. The average Bonchev–Trinajstić information content (AvgIpc) is 3.24. The normalized spacial score (nSPS) is 23.5. The van der Waals surface area contributed by atoms with Crippen LogP contribution in [-0.2, 0) is 15.7 Å². The van der Waals surface area contributed by atoms with Crippen LogP contribution >= 0.6 is 0 Å². The summed E-state index contributed by atoms with van der Waals surface area (Å²) in [7, 11) is 0. The molecule has 7 nitrogen and oxygen atoms in total. The molecule has 13 heteroatoms. The second kappa shape index (κ2) is 10.4. The largest absolute Gasteiger partial charge is 0.444 e. The number of nitriles is 1. The number of carbonyl (C=O) groups is 2. The molecular weight excluding hydrogens is 506 g/mol. The van der Waals surface area contributed by atoms with Crippen LogP contribution in [0.25, 0.3) is 0 Å². The third-order valence-electron chi connectivity index (χ3n) is 6.33. The fourth-order valence-corrected chi connectivity index (χ4v) is 4.58. The van der Waals surface area contributed by atoms with Gasteiger partial charge in [-0.15, -0.1) is 0 Å². The standard InChI is InChI=1S/C24H28F6N4O3/c1-22(2,3)37-21(36)34-8-6-15(7-9-34)32-20(35)18-11-16(19(33-18)24(28,29)30)13-4-5-14(12-31)17(10-13)23(25,26)27/h4-5,10,15-16,18-19,33H,6-9,11H2,1-3H3,(H,32,35)/t16?,18-,19+/m0/s1. The highest BCUT2D eigenvalue weighted by molar-refractivity contribution is 5.82. The van der Waals surface area contributed by atoms with Crippen LogP contribution in [0.15, 0.2) is 18.2 Å². The molecule has 0 bridgehead atoms. The lowest BCUT2D eigenvalue weighted by atomic mass is 9.88. The van der Waals surface area contributed by atoms with Gasteiger partial charge in [-0.3, -0.25) is 10.1 Å². The van der Waals surface area contributed by atoms with Gasteiger partial charge in [0, 0.05) is 25.0 Å². The van der Waals surface area contributed by atoms with Crippen molar-refractivity contribution < 1.29 is 40.7 Å². The molecule has 2 saturated heterocycles. The SMILES string of the molecule is CC(C)(C)OC(=O)N1CCC(NC(=O)[C@@H]2CC(c3ccc(C#N)c(C(F)(F)F)c3)[C@H](C(F)(F)F)N2)CC1. The Bertz CT molecular complexity index is 1050. The van der Waals surface area contributed by atoms with Crippen molar-refractivity contribution in [3.8, 4) is 6.07 Å². The number of piperidine rings is 1. The van der Waals surface area contributed by atoms with Crippen molar-refractivity contribution in [3.05, 3.63) is 34.9 Å². The zero-order chi connectivity index (χ0) is 27.8. The Morgan fingerprint density at radius 1 is 1.11 bits per heavy atom. The van der Waals surface area contributed by atoms with Gasteiger partial charge in [-0.2, -0.15) is 31.6 Å². The van der Waals surface area contributed by atoms with Crippen LogP contribution in [0.4, 0.5) is 31.1 Å². The minimum Gasteiger partial charge on any atom is -0.444 e. The topological polar surface area (TPSA) is 94.5 Å². The van der Waals surface area contributed by atoms with Gasteiger partial charge in [-0.1, -0.05) is 6.07 Å². The quantitative estimate of drug-likeness (QED) is 0.559. The molecule has 1 unspecified atom stereocenters. The summed E-state index contributed by atoms with van der Waals surface area (Å²) in [6, 6.07) is -0.0586. The molecule has 1 aromatic carbocycles. The van der Waals surface area contributed by atoms with E-state index in [0.717, 1.165) is 12.1 Å². The molecule has 0 aromatic heterocycles.